The number of benzene rings is 1. The molecule has 1 aromatic carbocycles. The van der Waals surface area contributed by atoms with Crippen LogP contribution in [0.1, 0.15) is 17.3 Å². The molecule has 0 saturated heterocycles. The van der Waals surface area contributed by atoms with E-state index in [1.807, 2.05) is 12.1 Å². The predicted molar refractivity (Wildman–Crippen MR) is 73.7 cm³/mol. The highest BCUT2D eigenvalue weighted by Gasteiger charge is 2.18. The van der Waals surface area contributed by atoms with Crippen LogP contribution in [-0.4, -0.2) is 35.4 Å². The van der Waals surface area contributed by atoms with E-state index in [-0.39, 0.29) is 17.7 Å². The van der Waals surface area contributed by atoms with Crippen molar-refractivity contribution in [1.29, 1.82) is 0 Å². The van der Waals surface area contributed by atoms with Gasteiger partial charge in [0.15, 0.2) is 0 Å². The summed E-state index contributed by atoms with van der Waals surface area (Å²) in [5.74, 6) is -0.201. The van der Waals surface area contributed by atoms with Crippen molar-refractivity contribution in [2.75, 3.05) is 13.6 Å². The number of amidine groups is 1. The summed E-state index contributed by atoms with van der Waals surface area (Å²) in [6, 6.07) is 7.21. The second-order valence-electron chi connectivity index (χ2n) is 4.09. The molecule has 0 bridgehead atoms. The maximum atomic E-state index is 12.2. The first kappa shape index (κ1) is 14.5. The third-order valence-corrected chi connectivity index (χ3v) is 3.31. The first-order chi connectivity index (χ1) is 8.47. The Labute approximate surface area is 114 Å². The first-order valence-corrected chi connectivity index (χ1v) is 6.24. The number of oxime groups is 1. The minimum atomic E-state index is -0.202. The van der Waals surface area contributed by atoms with E-state index in [1.54, 1.807) is 31.0 Å². The van der Waals surface area contributed by atoms with Crippen molar-refractivity contribution in [2.45, 2.75) is 6.92 Å². The van der Waals surface area contributed by atoms with Crippen molar-refractivity contribution in [3.63, 3.8) is 0 Å². The zero-order valence-electron chi connectivity index (χ0n) is 10.3. The molecule has 0 fully saturated rings. The van der Waals surface area contributed by atoms with Crippen molar-refractivity contribution in [2.24, 2.45) is 16.8 Å². The van der Waals surface area contributed by atoms with Gasteiger partial charge in [0.05, 0.1) is 5.56 Å². The van der Waals surface area contributed by atoms with Crippen LogP contribution in [0.2, 0.25) is 0 Å². The van der Waals surface area contributed by atoms with E-state index in [0.29, 0.717) is 12.1 Å². The lowest BCUT2D eigenvalue weighted by Gasteiger charge is -2.21. The third kappa shape index (κ3) is 3.46. The number of nitrogens with two attached hydrogens (primary N) is 1. The molecule has 0 saturated carbocycles. The van der Waals surface area contributed by atoms with Crippen molar-refractivity contribution in [3.8, 4) is 0 Å². The van der Waals surface area contributed by atoms with Gasteiger partial charge >= 0.3 is 0 Å². The molecule has 5 nitrogen and oxygen atoms in total. The van der Waals surface area contributed by atoms with Crippen molar-refractivity contribution >= 4 is 27.7 Å². The molecule has 0 radical (unpaired) electrons. The number of hydrogen-bond donors (Lipinski definition) is 2. The fourth-order valence-corrected chi connectivity index (χ4v) is 1.98. The average Bonchev–Trinajstić information content (AvgIpc) is 2.37. The lowest BCUT2D eigenvalue weighted by Crippen LogP contribution is -2.36. The predicted octanol–water partition coefficient (Wildman–Crippen LogP) is 1.90. The zero-order chi connectivity index (χ0) is 13.7. The van der Waals surface area contributed by atoms with E-state index in [1.165, 1.54) is 0 Å². The highest BCUT2D eigenvalue weighted by atomic mass is 79.9. The number of carbonyl (C=O) groups excluding carboxylic acids is 1. The van der Waals surface area contributed by atoms with E-state index in [2.05, 4.69) is 21.1 Å². The summed E-state index contributed by atoms with van der Waals surface area (Å²) in [4.78, 5) is 13.7. The number of carbonyl (C=O) groups is 1. The molecule has 6 heteroatoms. The summed E-state index contributed by atoms with van der Waals surface area (Å²) in [7, 11) is 1.68. The topological polar surface area (TPSA) is 78.9 Å². The molecular formula is C12H16BrN3O2. The SMILES string of the molecule is CC(CN(C)C(=O)c1ccccc1Br)/C(N)=N/O. The Hall–Kier alpha value is -1.56. The summed E-state index contributed by atoms with van der Waals surface area (Å²) >= 11 is 3.34. The lowest BCUT2D eigenvalue weighted by molar-refractivity contribution is 0.0785. The minimum Gasteiger partial charge on any atom is -0.409 e. The van der Waals surface area contributed by atoms with Crippen LogP contribution < -0.4 is 5.73 Å². The molecular weight excluding hydrogens is 298 g/mol. The molecule has 0 aliphatic carbocycles. The Morgan fingerprint density at radius 1 is 1.56 bits per heavy atom. The minimum absolute atomic E-state index is 0.111. The molecule has 1 amide bonds. The van der Waals surface area contributed by atoms with E-state index >= 15 is 0 Å². The van der Waals surface area contributed by atoms with Crippen molar-refractivity contribution in [1.82, 2.24) is 4.90 Å². The molecule has 0 aliphatic rings. The Morgan fingerprint density at radius 2 is 2.17 bits per heavy atom. The monoisotopic (exact) mass is 313 g/mol. The van der Waals surface area contributed by atoms with Crippen LogP contribution >= 0.6 is 15.9 Å². The molecule has 1 aromatic rings. The molecule has 0 aromatic heterocycles. The third-order valence-electron chi connectivity index (χ3n) is 2.62. The second kappa shape index (κ2) is 6.39. The zero-order valence-corrected chi connectivity index (χ0v) is 11.9. The quantitative estimate of drug-likeness (QED) is 0.386. The number of nitrogens with zero attached hydrogens (tertiary/aromatic N) is 2. The van der Waals surface area contributed by atoms with Gasteiger partial charge in [0, 0.05) is 24.0 Å². The summed E-state index contributed by atoms with van der Waals surface area (Å²) in [5, 5.41) is 11.5. The Kier molecular flexibility index (Phi) is 5.15. The van der Waals surface area contributed by atoms with E-state index in [4.69, 9.17) is 10.9 Å². The summed E-state index contributed by atoms with van der Waals surface area (Å²) < 4.78 is 0.748. The van der Waals surface area contributed by atoms with Gasteiger partial charge in [-0.1, -0.05) is 24.2 Å². The standard InChI is InChI=1S/C12H16BrN3O2/c1-8(11(14)15-18)7-16(2)12(17)9-5-3-4-6-10(9)13/h3-6,8,18H,7H2,1-2H3,(H2,14,15). The normalized spacial score (nSPS) is 13.2. The van der Waals surface area contributed by atoms with Gasteiger partial charge in [0.1, 0.15) is 5.84 Å². The van der Waals surface area contributed by atoms with Crippen LogP contribution in [0.4, 0.5) is 0 Å². The molecule has 0 heterocycles. The molecule has 1 rings (SSSR count). The molecule has 1 atom stereocenters. The maximum Gasteiger partial charge on any atom is 0.254 e. The Bertz CT molecular complexity index is 462. The number of halogens is 1. The maximum absolute atomic E-state index is 12.2. The number of rotatable bonds is 4. The van der Waals surface area contributed by atoms with Gasteiger partial charge in [0.2, 0.25) is 0 Å². The molecule has 98 valence electrons. The van der Waals surface area contributed by atoms with Crippen LogP contribution in [0.3, 0.4) is 0 Å². The fraction of sp³-hybridized carbons (Fsp3) is 0.333. The van der Waals surface area contributed by atoms with E-state index < -0.39 is 0 Å². The molecule has 1 unspecified atom stereocenters. The highest BCUT2D eigenvalue weighted by Crippen LogP contribution is 2.17. The van der Waals surface area contributed by atoms with E-state index in [0.717, 1.165) is 4.47 Å². The number of hydrogen-bond acceptors (Lipinski definition) is 3. The van der Waals surface area contributed by atoms with Gasteiger partial charge in [-0.2, -0.15) is 0 Å². The summed E-state index contributed by atoms with van der Waals surface area (Å²) in [5.41, 5.74) is 6.08. The molecule has 0 aliphatic heterocycles. The molecule has 0 spiro atoms. The van der Waals surface area contributed by atoms with Crippen LogP contribution in [0.5, 0.6) is 0 Å². The smallest absolute Gasteiger partial charge is 0.254 e. The Morgan fingerprint density at radius 3 is 2.72 bits per heavy atom. The summed E-state index contributed by atoms with van der Waals surface area (Å²) in [6.45, 7) is 2.18. The van der Waals surface area contributed by atoms with Gasteiger partial charge in [-0.15, -0.1) is 0 Å². The highest BCUT2D eigenvalue weighted by molar-refractivity contribution is 9.10. The largest absolute Gasteiger partial charge is 0.409 e. The van der Waals surface area contributed by atoms with Crippen molar-refractivity contribution < 1.29 is 10.0 Å². The lowest BCUT2D eigenvalue weighted by atomic mass is 10.1. The van der Waals surface area contributed by atoms with Gasteiger partial charge in [-0.3, -0.25) is 4.79 Å². The van der Waals surface area contributed by atoms with Gasteiger partial charge in [0.25, 0.3) is 5.91 Å². The van der Waals surface area contributed by atoms with Gasteiger partial charge < -0.3 is 15.8 Å². The van der Waals surface area contributed by atoms with Gasteiger partial charge in [-0.25, -0.2) is 0 Å². The van der Waals surface area contributed by atoms with Crippen molar-refractivity contribution in [3.05, 3.63) is 34.3 Å². The first-order valence-electron chi connectivity index (χ1n) is 5.44. The molecule has 18 heavy (non-hydrogen) atoms. The summed E-state index contributed by atoms with van der Waals surface area (Å²) in [6.07, 6.45) is 0. The number of amides is 1. The second-order valence-corrected chi connectivity index (χ2v) is 4.95. The van der Waals surface area contributed by atoms with E-state index in [9.17, 15) is 4.79 Å². The van der Waals surface area contributed by atoms with Crippen LogP contribution in [-0.2, 0) is 0 Å². The molecule has 3 N–H and O–H groups in total. The van der Waals surface area contributed by atoms with Gasteiger partial charge in [-0.05, 0) is 28.1 Å². The Balaban J connectivity index is 2.77. The van der Waals surface area contributed by atoms with Crippen LogP contribution in [0.15, 0.2) is 33.9 Å². The fourth-order valence-electron chi connectivity index (χ4n) is 1.53. The van der Waals surface area contributed by atoms with Crippen LogP contribution in [0.25, 0.3) is 0 Å². The average molecular weight is 314 g/mol. The van der Waals surface area contributed by atoms with Crippen LogP contribution in [0, 0.1) is 5.92 Å².